The molecule has 4 aromatic carbocycles. The van der Waals surface area contributed by atoms with Crippen LogP contribution in [0.4, 0.5) is 11.4 Å². The maximum absolute atomic E-state index is 2.52. The van der Waals surface area contributed by atoms with Crippen molar-refractivity contribution in [2.75, 3.05) is 38.0 Å². The average Bonchev–Trinajstić information content (AvgIpc) is 3.86. The summed E-state index contributed by atoms with van der Waals surface area (Å²) in [4.78, 5) is 4.27. The van der Waals surface area contributed by atoms with Gasteiger partial charge in [-0.1, -0.05) is 135 Å². The van der Waals surface area contributed by atoms with Crippen molar-refractivity contribution in [3.63, 3.8) is 0 Å². The Bertz CT molecular complexity index is 2540. The number of aryl methyl sites for hydroxylation is 2. The number of rotatable bonds is 19. The molecule has 8 rings (SSSR count). The van der Waals surface area contributed by atoms with Crippen molar-refractivity contribution in [1.82, 2.24) is 9.13 Å². The number of pyridine rings is 2. The molecular formula is C56H62I2N6. The van der Waals surface area contributed by atoms with E-state index in [1.54, 1.807) is 0 Å². The highest BCUT2D eigenvalue weighted by Crippen LogP contribution is 2.25. The van der Waals surface area contributed by atoms with Crippen molar-refractivity contribution in [2.45, 2.75) is 64.5 Å². The Balaban J connectivity index is 0.00000340. The predicted molar refractivity (Wildman–Crippen MR) is 262 cm³/mol. The summed E-state index contributed by atoms with van der Waals surface area (Å²) >= 11 is 0. The molecule has 0 fully saturated rings. The number of fused-ring (bicyclic) bond motifs is 2. The van der Waals surface area contributed by atoms with Crippen LogP contribution in [0.5, 0.6) is 0 Å². The Labute approximate surface area is 415 Å². The third-order valence-corrected chi connectivity index (χ3v) is 12.0. The minimum atomic E-state index is 0. The Kier molecular flexibility index (Phi) is 17.8. The van der Waals surface area contributed by atoms with Gasteiger partial charge in [0.2, 0.25) is 0 Å². The zero-order valence-electron chi connectivity index (χ0n) is 37.8. The van der Waals surface area contributed by atoms with Gasteiger partial charge >= 0.3 is 0 Å². The molecule has 0 N–H and O–H groups in total. The number of imidazole rings is 2. The molecule has 8 heteroatoms. The molecule has 64 heavy (non-hydrogen) atoms. The molecule has 0 bridgehead atoms. The van der Waals surface area contributed by atoms with Crippen LogP contribution in [0.25, 0.3) is 58.1 Å². The maximum atomic E-state index is 2.52. The molecule has 6 nitrogen and oxygen atoms in total. The number of halogens is 2. The Morgan fingerprint density at radius 3 is 1.11 bits per heavy atom. The molecule has 0 atom stereocenters. The molecule has 0 saturated heterocycles. The highest BCUT2D eigenvalue weighted by molar-refractivity contribution is 5.73. The van der Waals surface area contributed by atoms with Gasteiger partial charge in [-0.2, -0.15) is 0 Å². The minimum Gasteiger partial charge on any atom is -1.00 e. The van der Waals surface area contributed by atoms with Crippen LogP contribution in [0.15, 0.2) is 158 Å². The first-order valence-corrected chi connectivity index (χ1v) is 22.5. The summed E-state index contributed by atoms with van der Waals surface area (Å²) in [7, 11) is 8.31. The van der Waals surface area contributed by atoms with Gasteiger partial charge in [0.05, 0.1) is 25.5 Å². The Morgan fingerprint density at radius 2 is 0.750 bits per heavy atom. The number of hydrogen-bond donors (Lipinski definition) is 0. The number of unbranched alkanes of at least 4 members (excludes halogenated alkanes) is 7. The number of nitrogens with zero attached hydrogens (tertiary/aromatic N) is 6. The summed E-state index contributed by atoms with van der Waals surface area (Å²) in [5.74, 6) is 0. The van der Waals surface area contributed by atoms with E-state index in [-0.39, 0.29) is 48.0 Å². The molecule has 0 unspecified atom stereocenters. The maximum Gasteiger partial charge on any atom is 0.287 e. The molecule has 4 heterocycles. The van der Waals surface area contributed by atoms with E-state index < -0.39 is 0 Å². The second kappa shape index (κ2) is 23.6. The van der Waals surface area contributed by atoms with E-state index in [0.29, 0.717) is 0 Å². The van der Waals surface area contributed by atoms with Gasteiger partial charge in [-0.3, -0.25) is 0 Å². The quantitative estimate of drug-likeness (QED) is 0.0533. The Hall–Kier alpha value is -5.20. The first-order valence-electron chi connectivity index (χ1n) is 22.5. The second-order valence-electron chi connectivity index (χ2n) is 17.0. The van der Waals surface area contributed by atoms with E-state index in [1.165, 1.54) is 119 Å². The van der Waals surface area contributed by atoms with Crippen molar-refractivity contribution in [1.29, 1.82) is 0 Å². The molecular weight excluding hydrogens is 1010 g/mol. The average molecular weight is 1070 g/mol. The number of anilines is 2. The summed E-state index contributed by atoms with van der Waals surface area (Å²) in [6, 6.07) is 48.2. The van der Waals surface area contributed by atoms with Gasteiger partial charge in [-0.25, -0.2) is 17.9 Å². The summed E-state index contributed by atoms with van der Waals surface area (Å²) in [5, 5.41) is 0. The van der Waals surface area contributed by atoms with Gasteiger partial charge < -0.3 is 57.8 Å². The third-order valence-electron chi connectivity index (χ3n) is 12.0. The molecule has 8 aromatic rings. The van der Waals surface area contributed by atoms with Crippen LogP contribution in [0.3, 0.4) is 0 Å². The standard InChI is InChI=1S/C56H62N6.2HI/c1-57(2)51-31-27-45(28-32-51)23-25-47-35-39-59-43-53(49-19-13-11-14-20-49)61(55(59)41-47)37-17-9-7-5-6-8-10-18-38-62-54(50-21-15-12-16-22-50)44-60-40-36-48(42-56(60)62)26-24-46-29-33-52(34-30-46)58(3)4;;/h11-16,19-36,39-44H,5-10,17-18,37-38H2,1-4H3;2*1H/q+2;;/p-2. The van der Waals surface area contributed by atoms with Crippen LogP contribution in [-0.4, -0.2) is 37.3 Å². The fourth-order valence-electron chi connectivity index (χ4n) is 8.44. The van der Waals surface area contributed by atoms with E-state index in [0.717, 1.165) is 13.1 Å². The minimum absolute atomic E-state index is 0. The van der Waals surface area contributed by atoms with Gasteiger partial charge in [-0.05, 0) is 84.3 Å². The monoisotopic (exact) mass is 1070 g/mol. The summed E-state index contributed by atoms with van der Waals surface area (Å²) in [5.41, 5.74) is 14.8. The molecule has 0 spiro atoms. The largest absolute Gasteiger partial charge is 1.00 e. The van der Waals surface area contributed by atoms with Gasteiger partial charge in [0.1, 0.15) is 12.4 Å². The molecule has 0 aliphatic heterocycles. The fourth-order valence-corrected chi connectivity index (χ4v) is 8.44. The van der Waals surface area contributed by atoms with Crippen LogP contribution in [0, 0.1) is 0 Å². The smallest absolute Gasteiger partial charge is 0.287 e. The highest BCUT2D eigenvalue weighted by Gasteiger charge is 2.20. The zero-order chi connectivity index (χ0) is 42.7. The third kappa shape index (κ3) is 12.3. The van der Waals surface area contributed by atoms with Crippen molar-refractivity contribution in [3.05, 3.63) is 181 Å². The van der Waals surface area contributed by atoms with Crippen molar-refractivity contribution >= 4 is 47.0 Å². The molecule has 0 aliphatic carbocycles. The van der Waals surface area contributed by atoms with Crippen molar-refractivity contribution < 1.29 is 56.8 Å². The lowest BCUT2D eigenvalue weighted by atomic mass is 10.1. The van der Waals surface area contributed by atoms with Gasteiger partial charge in [0.15, 0.2) is 11.4 Å². The topological polar surface area (TPSA) is 24.5 Å². The fraction of sp³-hybridized carbons (Fsp3) is 0.250. The molecule has 0 amide bonds. The number of aromatic nitrogens is 4. The lowest BCUT2D eigenvalue weighted by Crippen LogP contribution is -3.00. The first-order chi connectivity index (χ1) is 30.4. The highest BCUT2D eigenvalue weighted by atomic mass is 127. The van der Waals surface area contributed by atoms with E-state index in [4.69, 9.17) is 0 Å². The van der Waals surface area contributed by atoms with Crippen LogP contribution in [0.1, 0.15) is 73.6 Å². The lowest BCUT2D eigenvalue weighted by molar-refractivity contribution is -0.510. The van der Waals surface area contributed by atoms with Crippen molar-refractivity contribution in [2.24, 2.45) is 0 Å². The molecule has 330 valence electrons. The Morgan fingerprint density at radius 1 is 0.406 bits per heavy atom. The zero-order valence-corrected chi connectivity index (χ0v) is 42.1. The molecule has 4 aromatic heterocycles. The van der Waals surface area contributed by atoms with E-state index in [9.17, 15) is 0 Å². The summed E-state index contributed by atoms with van der Waals surface area (Å²) in [6.07, 6.45) is 27.8. The van der Waals surface area contributed by atoms with Crippen LogP contribution < -0.4 is 66.6 Å². The molecule has 0 aliphatic rings. The van der Waals surface area contributed by atoms with Gasteiger partial charge in [0, 0.05) is 62.8 Å². The summed E-state index contributed by atoms with van der Waals surface area (Å²) in [6.45, 7) is 2.02. The van der Waals surface area contributed by atoms with Crippen LogP contribution in [0.2, 0.25) is 0 Å². The summed E-state index contributed by atoms with van der Waals surface area (Å²) < 4.78 is 9.61. The van der Waals surface area contributed by atoms with Gasteiger partial charge in [-0.15, -0.1) is 0 Å². The second-order valence-corrected chi connectivity index (χ2v) is 17.0. The van der Waals surface area contributed by atoms with E-state index >= 15 is 0 Å². The predicted octanol–water partition coefficient (Wildman–Crippen LogP) is 6.40. The SMILES string of the molecule is CN(C)c1ccc(/C=C/c2cc[n+]3cc(-c4ccccc4)n(CCCCCCCCCCn4c(-c5ccccc5)c[n+]5ccc(/C=C/c6ccc(N(C)C)cc6)cc45)c3c2)cc1.[I-].[I-]. The van der Waals surface area contributed by atoms with E-state index in [2.05, 4.69) is 238 Å². The number of hydrogen-bond acceptors (Lipinski definition) is 2. The lowest BCUT2D eigenvalue weighted by Gasteiger charge is -2.11. The van der Waals surface area contributed by atoms with Gasteiger partial charge in [0.25, 0.3) is 11.3 Å². The molecule has 0 saturated carbocycles. The van der Waals surface area contributed by atoms with E-state index in [1.807, 2.05) is 0 Å². The normalized spacial score (nSPS) is 11.4. The number of benzene rings is 4. The van der Waals surface area contributed by atoms with Crippen LogP contribution in [-0.2, 0) is 13.1 Å². The molecule has 0 radical (unpaired) electrons. The van der Waals surface area contributed by atoms with Crippen molar-refractivity contribution in [3.8, 4) is 22.5 Å². The van der Waals surface area contributed by atoms with Crippen LogP contribution >= 0.6 is 0 Å². The first kappa shape index (κ1) is 48.3.